The van der Waals surface area contributed by atoms with Crippen LogP contribution >= 0.6 is 23.2 Å². The number of halogens is 2. The molecule has 250 valence electrons. The van der Waals surface area contributed by atoms with Gasteiger partial charge in [0.2, 0.25) is 5.91 Å². The molecule has 2 fully saturated rings. The predicted molar refractivity (Wildman–Crippen MR) is 184 cm³/mol. The summed E-state index contributed by atoms with van der Waals surface area (Å²) in [5, 5.41) is 13.5. The first-order chi connectivity index (χ1) is 21.5. The Morgan fingerprint density at radius 3 is 2.22 bits per heavy atom. The molecule has 0 aromatic heterocycles. The van der Waals surface area contributed by atoms with Gasteiger partial charge in [-0.3, -0.25) is 25.2 Å². The first-order valence-electron chi connectivity index (χ1n) is 16.1. The van der Waals surface area contributed by atoms with E-state index in [-0.39, 0.29) is 35.4 Å². The molecule has 46 heavy (non-hydrogen) atoms. The molecule has 12 heteroatoms. The Hall–Kier alpha value is -2.89. The molecular formula is C34H48Cl2N8O2. The number of amidine groups is 1. The van der Waals surface area contributed by atoms with Crippen molar-refractivity contribution in [1.29, 1.82) is 0 Å². The second-order valence-electron chi connectivity index (χ2n) is 14.9. The standard InChI is InChI=1S/C34H48Cl2N8O2/c1-32(2,3)13-12-27(22-8-10-23(11-9-22)30(45)37-21-28-39-41-42(7)40-28)44-31(46)29(24-18-25(35)20-26(36)19-24)38-34(44)14-16-43(17-15-34)33(4,5)6/h8-11,18-20,27,29,38,41H,12-17,21H2,1-7H3,(H,37,45)(H,39,40). The molecule has 3 aliphatic rings. The monoisotopic (exact) mass is 670 g/mol. The van der Waals surface area contributed by atoms with Gasteiger partial charge in [-0.25, -0.2) is 5.53 Å². The molecule has 2 amide bonds. The molecule has 3 heterocycles. The van der Waals surface area contributed by atoms with Crippen molar-refractivity contribution in [3.8, 4) is 0 Å². The van der Waals surface area contributed by atoms with Crippen LogP contribution in [0.2, 0.25) is 10.0 Å². The zero-order valence-electron chi connectivity index (χ0n) is 28.0. The average molecular weight is 672 g/mol. The van der Waals surface area contributed by atoms with Gasteiger partial charge >= 0.3 is 0 Å². The van der Waals surface area contributed by atoms with Crippen LogP contribution in [0.3, 0.4) is 0 Å². The number of nitrogens with zero attached hydrogens (tertiary/aromatic N) is 4. The molecular weight excluding hydrogens is 623 g/mol. The Labute approximate surface area is 283 Å². The third-order valence-corrected chi connectivity index (χ3v) is 9.64. The molecule has 2 unspecified atom stereocenters. The lowest BCUT2D eigenvalue weighted by Crippen LogP contribution is -2.61. The van der Waals surface area contributed by atoms with E-state index in [9.17, 15) is 9.59 Å². The summed E-state index contributed by atoms with van der Waals surface area (Å²) in [6, 6.07) is 12.3. The normalized spacial score (nSPS) is 21.2. The Morgan fingerprint density at radius 2 is 1.67 bits per heavy atom. The number of hydrazine groups is 2. The van der Waals surface area contributed by atoms with Crippen LogP contribution in [-0.2, 0) is 4.79 Å². The van der Waals surface area contributed by atoms with Gasteiger partial charge in [0.15, 0.2) is 5.84 Å². The van der Waals surface area contributed by atoms with E-state index >= 15 is 0 Å². The number of likely N-dealkylation sites (tertiary alicyclic amines) is 1. The van der Waals surface area contributed by atoms with Crippen LogP contribution < -0.4 is 21.6 Å². The summed E-state index contributed by atoms with van der Waals surface area (Å²) in [5.74, 6) is 0.444. The highest BCUT2D eigenvalue weighted by Gasteiger charge is 2.55. The van der Waals surface area contributed by atoms with Crippen LogP contribution in [0.1, 0.15) is 101 Å². The Kier molecular flexibility index (Phi) is 9.97. The van der Waals surface area contributed by atoms with Gasteiger partial charge in [-0.2, -0.15) is 0 Å². The summed E-state index contributed by atoms with van der Waals surface area (Å²) < 4.78 is 0. The van der Waals surface area contributed by atoms with Crippen LogP contribution in [0.5, 0.6) is 0 Å². The summed E-state index contributed by atoms with van der Waals surface area (Å²) >= 11 is 12.9. The molecule has 4 N–H and O–H groups in total. The number of carbonyl (C=O) groups excluding carboxylic acids is 2. The van der Waals surface area contributed by atoms with Crippen molar-refractivity contribution < 1.29 is 9.59 Å². The summed E-state index contributed by atoms with van der Waals surface area (Å²) in [7, 11) is 1.79. The Bertz CT molecular complexity index is 1440. The topological polar surface area (TPSA) is 104 Å². The summed E-state index contributed by atoms with van der Waals surface area (Å²) in [6.07, 6.45) is 3.27. The largest absolute Gasteiger partial charge is 0.345 e. The maximum Gasteiger partial charge on any atom is 0.251 e. The van der Waals surface area contributed by atoms with Gasteiger partial charge in [0.25, 0.3) is 5.91 Å². The van der Waals surface area contributed by atoms with Crippen molar-refractivity contribution in [3.63, 3.8) is 0 Å². The number of nitrogens with one attached hydrogen (secondary N) is 4. The highest BCUT2D eigenvalue weighted by atomic mass is 35.5. The van der Waals surface area contributed by atoms with Crippen LogP contribution in [-0.4, -0.2) is 70.5 Å². The van der Waals surface area contributed by atoms with Gasteiger partial charge in [-0.15, -0.1) is 10.2 Å². The Morgan fingerprint density at radius 1 is 1.04 bits per heavy atom. The molecule has 0 radical (unpaired) electrons. The second kappa shape index (κ2) is 13.3. The Balaban J connectivity index is 1.47. The highest BCUT2D eigenvalue weighted by molar-refractivity contribution is 6.34. The van der Waals surface area contributed by atoms with E-state index in [0.717, 1.165) is 49.9 Å². The third-order valence-electron chi connectivity index (χ3n) is 9.20. The number of benzene rings is 2. The van der Waals surface area contributed by atoms with Crippen LogP contribution in [0.25, 0.3) is 0 Å². The zero-order chi connectivity index (χ0) is 33.4. The molecule has 0 bridgehead atoms. The van der Waals surface area contributed by atoms with Gasteiger partial charge < -0.3 is 10.2 Å². The maximum atomic E-state index is 14.7. The molecule has 0 aliphatic carbocycles. The van der Waals surface area contributed by atoms with Gasteiger partial charge in [0.05, 0.1) is 18.2 Å². The first kappa shape index (κ1) is 34.4. The SMILES string of the molecule is CN1NN=C(CNC(=O)c2ccc(C(CCC(C)(C)C)N3C(=O)C(c4cc(Cl)cc(Cl)c4)NC34CCN(C(C)(C)C)CC4)cc2)N1. The lowest BCUT2D eigenvalue weighted by atomic mass is 9.84. The zero-order valence-corrected chi connectivity index (χ0v) is 29.5. The fraction of sp³-hybridized carbons (Fsp3) is 0.559. The average Bonchev–Trinajstić information content (AvgIpc) is 3.51. The fourth-order valence-electron chi connectivity index (χ4n) is 6.70. The lowest BCUT2D eigenvalue weighted by Gasteiger charge is -2.50. The van der Waals surface area contributed by atoms with Crippen molar-refractivity contribution in [2.75, 3.05) is 26.7 Å². The van der Waals surface area contributed by atoms with Gasteiger partial charge in [0.1, 0.15) is 6.04 Å². The smallest absolute Gasteiger partial charge is 0.251 e. The molecule has 3 aliphatic heterocycles. The maximum absolute atomic E-state index is 14.7. The fourth-order valence-corrected chi connectivity index (χ4v) is 7.24. The molecule has 5 rings (SSSR count). The minimum Gasteiger partial charge on any atom is -0.345 e. The van der Waals surface area contributed by atoms with Crippen molar-refractivity contribution in [2.45, 2.75) is 90.5 Å². The van der Waals surface area contributed by atoms with Gasteiger partial charge in [-0.1, -0.05) is 56.1 Å². The van der Waals surface area contributed by atoms with E-state index in [4.69, 9.17) is 23.2 Å². The highest BCUT2D eigenvalue weighted by Crippen LogP contribution is 2.46. The second-order valence-corrected chi connectivity index (χ2v) is 15.8. The van der Waals surface area contributed by atoms with Crippen molar-refractivity contribution in [1.82, 2.24) is 36.5 Å². The third kappa shape index (κ3) is 7.80. The number of hydrogen-bond donors (Lipinski definition) is 4. The number of rotatable bonds is 8. The van der Waals surface area contributed by atoms with E-state index in [2.05, 4.69) is 78.0 Å². The van der Waals surface area contributed by atoms with Gasteiger partial charge in [-0.05, 0) is 93.3 Å². The number of piperidine rings is 1. The summed E-state index contributed by atoms with van der Waals surface area (Å²) in [6.45, 7) is 15.4. The molecule has 10 nitrogen and oxygen atoms in total. The molecule has 2 saturated heterocycles. The van der Waals surface area contributed by atoms with Crippen molar-refractivity contribution >= 4 is 40.9 Å². The van der Waals surface area contributed by atoms with E-state index in [0.29, 0.717) is 21.4 Å². The lowest BCUT2D eigenvalue weighted by molar-refractivity contribution is -0.138. The number of hydrogen-bond acceptors (Lipinski definition) is 8. The predicted octanol–water partition coefficient (Wildman–Crippen LogP) is 5.62. The molecule has 1 spiro atoms. The van der Waals surface area contributed by atoms with E-state index < -0.39 is 11.7 Å². The summed E-state index contributed by atoms with van der Waals surface area (Å²) in [5.41, 5.74) is 7.64. The quantitative estimate of drug-likeness (QED) is 0.289. The number of hydrazone groups is 1. The van der Waals surface area contributed by atoms with Crippen LogP contribution in [0, 0.1) is 5.41 Å². The van der Waals surface area contributed by atoms with Crippen LogP contribution in [0.15, 0.2) is 47.6 Å². The van der Waals surface area contributed by atoms with E-state index in [1.54, 1.807) is 18.2 Å². The number of carbonyl (C=O) groups is 2. The molecule has 2 aromatic rings. The van der Waals surface area contributed by atoms with E-state index in [1.807, 2.05) is 36.4 Å². The molecule has 2 atom stereocenters. The van der Waals surface area contributed by atoms with Crippen LogP contribution in [0.4, 0.5) is 0 Å². The molecule has 2 aromatic carbocycles. The van der Waals surface area contributed by atoms with Crippen molar-refractivity contribution in [3.05, 3.63) is 69.2 Å². The first-order valence-corrected chi connectivity index (χ1v) is 16.8. The number of amides is 2. The molecule has 0 saturated carbocycles. The summed E-state index contributed by atoms with van der Waals surface area (Å²) in [4.78, 5) is 32.3. The minimum absolute atomic E-state index is 0.0201. The van der Waals surface area contributed by atoms with Crippen molar-refractivity contribution in [2.24, 2.45) is 10.5 Å². The van der Waals surface area contributed by atoms with Gasteiger partial charge in [0, 0.05) is 41.3 Å². The van der Waals surface area contributed by atoms with E-state index in [1.165, 1.54) is 0 Å². The minimum atomic E-state index is -0.569.